The van der Waals surface area contributed by atoms with Gasteiger partial charge in [-0.3, -0.25) is 0 Å². The van der Waals surface area contributed by atoms with Crippen molar-refractivity contribution in [2.24, 2.45) is 5.73 Å². The van der Waals surface area contributed by atoms with Gasteiger partial charge in [-0.15, -0.1) is 12.4 Å². The highest BCUT2D eigenvalue weighted by Gasteiger charge is 2.07. The SMILES string of the molecule is CCCC[C@@H](N)c1ccc(C)c(F)c1.Cl. The summed E-state index contributed by atoms with van der Waals surface area (Å²) in [5, 5.41) is 0. The minimum Gasteiger partial charge on any atom is -0.324 e. The highest BCUT2D eigenvalue weighted by Crippen LogP contribution is 2.19. The van der Waals surface area contributed by atoms with Gasteiger partial charge in [0.1, 0.15) is 5.82 Å². The Morgan fingerprint density at radius 1 is 1.40 bits per heavy atom. The summed E-state index contributed by atoms with van der Waals surface area (Å²) in [6.45, 7) is 3.89. The highest BCUT2D eigenvalue weighted by atomic mass is 35.5. The van der Waals surface area contributed by atoms with E-state index >= 15 is 0 Å². The van der Waals surface area contributed by atoms with Crippen molar-refractivity contribution in [3.63, 3.8) is 0 Å². The molecular formula is C12H19ClFN. The molecule has 0 radical (unpaired) electrons. The van der Waals surface area contributed by atoms with Crippen LogP contribution in [0.1, 0.15) is 43.4 Å². The minimum absolute atomic E-state index is 0. The fourth-order valence-corrected chi connectivity index (χ4v) is 1.43. The highest BCUT2D eigenvalue weighted by molar-refractivity contribution is 5.85. The molecule has 0 aliphatic carbocycles. The maximum atomic E-state index is 13.2. The Balaban J connectivity index is 0.00000196. The zero-order chi connectivity index (χ0) is 10.6. The molecule has 0 heterocycles. The van der Waals surface area contributed by atoms with E-state index in [9.17, 15) is 4.39 Å². The Morgan fingerprint density at radius 2 is 2.07 bits per heavy atom. The summed E-state index contributed by atoms with van der Waals surface area (Å²) >= 11 is 0. The van der Waals surface area contributed by atoms with Gasteiger partial charge in [-0.1, -0.05) is 31.9 Å². The van der Waals surface area contributed by atoms with Crippen molar-refractivity contribution in [2.45, 2.75) is 39.2 Å². The minimum atomic E-state index is -0.158. The van der Waals surface area contributed by atoms with Gasteiger partial charge in [-0.2, -0.15) is 0 Å². The van der Waals surface area contributed by atoms with E-state index in [4.69, 9.17) is 5.73 Å². The number of benzene rings is 1. The normalized spacial score (nSPS) is 12.0. The topological polar surface area (TPSA) is 26.0 Å². The number of halogens is 2. The molecule has 1 aromatic carbocycles. The third kappa shape index (κ3) is 4.18. The Hall–Kier alpha value is -0.600. The average molecular weight is 232 g/mol. The number of nitrogens with two attached hydrogens (primary N) is 1. The van der Waals surface area contributed by atoms with Crippen LogP contribution < -0.4 is 5.73 Å². The number of rotatable bonds is 4. The fraction of sp³-hybridized carbons (Fsp3) is 0.500. The van der Waals surface area contributed by atoms with E-state index in [-0.39, 0.29) is 24.3 Å². The first-order valence-electron chi connectivity index (χ1n) is 5.16. The number of aryl methyl sites for hydroxylation is 1. The summed E-state index contributed by atoms with van der Waals surface area (Å²) < 4.78 is 13.2. The first-order valence-corrected chi connectivity index (χ1v) is 5.16. The average Bonchev–Trinajstić information content (AvgIpc) is 2.18. The van der Waals surface area contributed by atoms with Crippen molar-refractivity contribution in [3.8, 4) is 0 Å². The van der Waals surface area contributed by atoms with Crippen molar-refractivity contribution in [1.82, 2.24) is 0 Å². The lowest BCUT2D eigenvalue weighted by molar-refractivity contribution is 0.585. The molecule has 0 saturated carbocycles. The zero-order valence-electron chi connectivity index (χ0n) is 9.29. The number of hydrogen-bond donors (Lipinski definition) is 1. The summed E-state index contributed by atoms with van der Waals surface area (Å²) in [6, 6.07) is 5.23. The molecule has 0 unspecified atom stereocenters. The molecule has 0 bridgehead atoms. The van der Waals surface area contributed by atoms with Crippen LogP contribution in [0.5, 0.6) is 0 Å². The summed E-state index contributed by atoms with van der Waals surface area (Å²) in [7, 11) is 0. The largest absolute Gasteiger partial charge is 0.324 e. The van der Waals surface area contributed by atoms with E-state index in [2.05, 4.69) is 6.92 Å². The van der Waals surface area contributed by atoms with Crippen LogP contribution >= 0.6 is 12.4 Å². The molecule has 0 aromatic heterocycles. The summed E-state index contributed by atoms with van der Waals surface area (Å²) in [6.07, 6.45) is 3.15. The first kappa shape index (κ1) is 14.4. The molecule has 0 amide bonds. The molecule has 15 heavy (non-hydrogen) atoms. The summed E-state index contributed by atoms with van der Waals surface area (Å²) in [5.41, 5.74) is 7.51. The Kier molecular flexibility index (Phi) is 6.53. The molecule has 0 fully saturated rings. The van der Waals surface area contributed by atoms with Gasteiger partial charge in [0.25, 0.3) is 0 Å². The van der Waals surface area contributed by atoms with Gasteiger partial charge in [0.05, 0.1) is 0 Å². The standard InChI is InChI=1S/C12H18FN.ClH/c1-3-4-5-12(14)10-7-6-9(2)11(13)8-10;/h6-8,12H,3-5,14H2,1-2H3;1H/t12-;/m1./s1. The van der Waals surface area contributed by atoms with Crippen molar-refractivity contribution in [1.29, 1.82) is 0 Å². The smallest absolute Gasteiger partial charge is 0.126 e. The van der Waals surface area contributed by atoms with Gasteiger partial charge in [0.15, 0.2) is 0 Å². The quantitative estimate of drug-likeness (QED) is 0.839. The van der Waals surface area contributed by atoms with E-state index in [1.807, 2.05) is 6.07 Å². The molecule has 0 saturated heterocycles. The molecule has 0 aliphatic rings. The lowest BCUT2D eigenvalue weighted by atomic mass is 10.0. The Morgan fingerprint density at radius 3 is 2.60 bits per heavy atom. The second-order valence-electron chi connectivity index (χ2n) is 3.76. The summed E-state index contributed by atoms with van der Waals surface area (Å²) in [4.78, 5) is 0. The van der Waals surface area contributed by atoms with Gasteiger partial charge >= 0.3 is 0 Å². The molecular weight excluding hydrogens is 213 g/mol. The maximum absolute atomic E-state index is 13.2. The maximum Gasteiger partial charge on any atom is 0.126 e. The predicted octanol–water partition coefficient (Wildman–Crippen LogP) is 3.75. The van der Waals surface area contributed by atoms with E-state index in [1.165, 1.54) is 0 Å². The molecule has 1 nitrogen and oxygen atoms in total. The molecule has 3 heteroatoms. The molecule has 1 aromatic rings. The molecule has 86 valence electrons. The van der Waals surface area contributed by atoms with Crippen LogP contribution in [-0.4, -0.2) is 0 Å². The van der Waals surface area contributed by atoms with E-state index in [0.29, 0.717) is 5.56 Å². The third-order valence-electron chi connectivity index (χ3n) is 2.49. The lowest BCUT2D eigenvalue weighted by Gasteiger charge is -2.11. The van der Waals surface area contributed by atoms with E-state index < -0.39 is 0 Å². The van der Waals surface area contributed by atoms with Crippen molar-refractivity contribution in [3.05, 3.63) is 35.1 Å². The summed E-state index contributed by atoms with van der Waals surface area (Å²) in [5.74, 6) is -0.158. The van der Waals surface area contributed by atoms with Crippen LogP contribution in [0.4, 0.5) is 4.39 Å². The number of unbranched alkanes of at least 4 members (excludes halogenated alkanes) is 1. The monoisotopic (exact) mass is 231 g/mol. The fourth-order valence-electron chi connectivity index (χ4n) is 1.43. The van der Waals surface area contributed by atoms with Crippen LogP contribution in [0.3, 0.4) is 0 Å². The molecule has 0 aliphatic heterocycles. The second kappa shape index (κ2) is 6.81. The van der Waals surface area contributed by atoms with E-state index in [0.717, 1.165) is 24.8 Å². The van der Waals surface area contributed by atoms with Crippen LogP contribution in [0, 0.1) is 12.7 Å². The third-order valence-corrected chi connectivity index (χ3v) is 2.49. The van der Waals surface area contributed by atoms with Crippen LogP contribution in [-0.2, 0) is 0 Å². The van der Waals surface area contributed by atoms with Gasteiger partial charge in [0.2, 0.25) is 0 Å². The predicted molar refractivity (Wildman–Crippen MR) is 64.8 cm³/mol. The van der Waals surface area contributed by atoms with Crippen LogP contribution in [0.2, 0.25) is 0 Å². The van der Waals surface area contributed by atoms with Crippen LogP contribution in [0.15, 0.2) is 18.2 Å². The van der Waals surface area contributed by atoms with Crippen molar-refractivity contribution < 1.29 is 4.39 Å². The van der Waals surface area contributed by atoms with Crippen molar-refractivity contribution >= 4 is 12.4 Å². The first-order chi connectivity index (χ1) is 6.65. The van der Waals surface area contributed by atoms with E-state index in [1.54, 1.807) is 19.1 Å². The molecule has 1 atom stereocenters. The van der Waals surface area contributed by atoms with Crippen molar-refractivity contribution in [2.75, 3.05) is 0 Å². The molecule has 2 N–H and O–H groups in total. The van der Waals surface area contributed by atoms with Crippen LogP contribution in [0.25, 0.3) is 0 Å². The molecule has 0 spiro atoms. The number of hydrogen-bond acceptors (Lipinski definition) is 1. The van der Waals surface area contributed by atoms with Gasteiger partial charge in [-0.05, 0) is 30.5 Å². The second-order valence-corrected chi connectivity index (χ2v) is 3.76. The Labute approximate surface area is 97.3 Å². The van der Waals surface area contributed by atoms with Gasteiger partial charge in [0, 0.05) is 6.04 Å². The van der Waals surface area contributed by atoms with Gasteiger partial charge in [-0.25, -0.2) is 4.39 Å². The Bertz CT molecular complexity index is 302. The zero-order valence-corrected chi connectivity index (χ0v) is 10.1. The van der Waals surface area contributed by atoms with Gasteiger partial charge < -0.3 is 5.73 Å². The lowest BCUT2D eigenvalue weighted by Crippen LogP contribution is -2.10. The molecule has 1 rings (SSSR count).